The van der Waals surface area contributed by atoms with Crippen molar-refractivity contribution < 1.29 is 5.11 Å². The topological polar surface area (TPSA) is 46.0 Å². The zero-order valence-electron chi connectivity index (χ0n) is 25.8. The van der Waals surface area contributed by atoms with Gasteiger partial charge in [0, 0.05) is 17.3 Å². The van der Waals surface area contributed by atoms with Crippen LogP contribution >= 0.6 is 11.3 Å². The summed E-state index contributed by atoms with van der Waals surface area (Å²) in [6, 6.07) is 22.0. The van der Waals surface area contributed by atoms with E-state index in [0.29, 0.717) is 17.6 Å². The number of pyridine rings is 1. The quantitative estimate of drug-likeness (QED) is 0.195. The van der Waals surface area contributed by atoms with Crippen LogP contribution in [0.1, 0.15) is 76.0 Å². The fraction of sp³-hybridized carbons (Fsp3) is 0.333. The average Bonchev–Trinajstić information content (AvgIpc) is 3.36. The van der Waals surface area contributed by atoms with Crippen LogP contribution < -0.4 is 5.19 Å². The van der Waals surface area contributed by atoms with Crippen molar-refractivity contribution in [2.75, 3.05) is 0 Å². The third kappa shape index (κ3) is 5.88. The Bertz CT molecular complexity index is 1710. The number of aromatic nitrogens is 2. The lowest BCUT2D eigenvalue weighted by Crippen LogP contribution is -2.37. The Morgan fingerprint density at radius 1 is 0.732 bits per heavy atom. The van der Waals surface area contributed by atoms with Gasteiger partial charge in [0.05, 0.1) is 29.5 Å². The summed E-state index contributed by atoms with van der Waals surface area (Å²) in [6.45, 7) is 20.2. The van der Waals surface area contributed by atoms with Gasteiger partial charge in [-0.05, 0) is 75.5 Å². The summed E-state index contributed by atoms with van der Waals surface area (Å²) in [5.74, 6) is 1.32. The summed E-state index contributed by atoms with van der Waals surface area (Å²) in [5.41, 5.74) is 9.67. The maximum absolute atomic E-state index is 11.3. The monoisotopic (exact) mass is 578 g/mol. The molecule has 0 spiro atoms. The number of aromatic hydroxyl groups is 1. The van der Waals surface area contributed by atoms with E-state index in [9.17, 15) is 5.11 Å². The molecule has 0 unspecified atom stereocenters. The summed E-state index contributed by atoms with van der Waals surface area (Å²) >= 11 is 1.65. The lowest BCUT2D eigenvalue weighted by Gasteiger charge is -2.17. The first-order valence-corrected chi connectivity index (χ1v) is 19.0. The third-order valence-corrected chi connectivity index (χ3v) is 11.0. The second kappa shape index (κ2) is 11.2. The number of hydrogen-bond donors (Lipinski definition) is 1. The van der Waals surface area contributed by atoms with Crippen LogP contribution in [0.5, 0.6) is 5.75 Å². The zero-order chi connectivity index (χ0) is 29.6. The van der Waals surface area contributed by atoms with Crippen molar-refractivity contribution >= 4 is 34.8 Å². The number of para-hydroxylation sites is 1. The number of thiazole rings is 1. The van der Waals surface area contributed by atoms with Gasteiger partial charge in [-0.2, -0.15) is 0 Å². The fourth-order valence-corrected chi connectivity index (χ4v) is 7.25. The molecule has 0 bridgehead atoms. The molecule has 2 aromatic heterocycles. The van der Waals surface area contributed by atoms with Crippen molar-refractivity contribution in [1.29, 1.82) is 0 Å². The molecule has 0 atom stereocenters. The first kappa shape index (κ1) is 29.2. The summed E-state index contributed by atoms with van der Waals surface area (Å²) in [4.78, 5) is 10.1. The number of rotatable bonds is 7. The molecule has 2 heterocycles. The summed E-state index contributed by atoms with van der Waals surface area (Å²) in [6.07, 6.45) is 2.07. The van der Waals surface area contributed by atoms with Crippen molar-refractivity contribution in [3.8, 4) is 38.7 Å². The lowest BCUT2D eigenvalue weighted by atomic mass is 9.92. The van der Waals surface area contributed by atoms with Crippen molar-refractivity contribution in [2.45, 2.75) is 78.9 Å². The molecule has 1 N–H and O–H groups in total. The molecule has 5 rings (SSSR count). The normalized spacial score (nSPS) is 12.3. The second-order valence-electron chi connectivity index (χ2n) is 13.2. The second-order valence-corrected chi connectivity index (χ2v) is 19.3. The molecule has 0 amide bonds. The SMILES string of the molecule is CC(C)c1cc(-c2ccc([Si](C)(C)C)cn2)cc(-c2cccc3sc(-c4cc(C(C)C)cc(C(C)C)c4O)nc23)c1. The molecular weight excluding hydrogens is 537 g/mol. The molecule has 5 aromatic rings. The number of hydrogen-bond acceptors (Lipinski definition) is 4. The van der Waals surface area contributed by atoms with Crippen molar-refractivity contribution in [3.63, 3.8) is 0 Å². The van der Waals surface area contributed by atoms with Gasteiger partial charge in [-0.1, -0.05) is 91.5 Å². The van der Waals surface area contributed by atoms with Gasteiger partial charge in [0.1, 0.15) is 10.8 Å². The Hall–Kier alpha value is -3.28. The van der Waals surface area contributed by atoms with Gasteiger partial charge in [0.15, 0.2) is 0 Å². The van der Waals surface area contributed by atoms with E-state index < -0.39 is 8.07 Å². The predicted octanol–water partition coefficient (Wildman–Crippen LogP) is 10.3. The van der Waals surface area contributed by atoms with Crippen LogP contribution in [0.15, 0.2) is 66.9 Å². The van der Waals surface area contributed by atoms with Crippen LogP contribution in [0.3, 0.4) is 0 Å². The highest BCUT2D eigenvalue weighted by Gasteiger charge is 2.21. The number of phenols is 1. The van der Waals surface area contributed by atoms with Crippen LogP contribution in [0.2, 0.25) is 19.6 Å². The van der Waals surface area contributed by atoms with Crippen molar-refractivity contribution in [1.82, 2.24) is 9.97 Å². The highest BCUT2D eigenvalue weighted by atomic mass is 32.1. The van der Waals surface area contributed by atoms with E-state index >= 15 is 0 Å². The highest BCUT2D eigenvalue weighted by molar-refractivity contribution is 7.21. The first-order chi connectivity index (χ1) is 19.3. The van der Waals surface area contributed by atoms with E-state index in [0.717, 1.165) is 48.7 Å². The fourth-order valence-electron chi connectivity index (χ4n) is 5.21. The van der Waals surface area contributed by atoms with Crippen LogP contribution in [-0.4, -0.2) is 23.1 Å². The summed E-state index contributed by atoms with van der Waals surface area (Å²) in [7, 11) is -1.42. The Morgan fingerprint density at radius 2 is 1.41 bits per heavy atom. The van der Waals surface area contributed by atoms with Crippen LogP contribution in [-0.2, 0) is 0 Å². The number of phenolic OH excluding ortho intramolecular Hbond substituents is 1. The van der Waals surface area contributed by atoms with E-state index in [-0.39, 0.29) is 5.92 Å². The Morgan fingerprint density at radius 3 is 2.02 bits per heavy atom. The largest absolute Gasteiger partial charge is 0.507 e. The van der Waals surface area contributed by atoms with E-state index in [2.05, 4.69) is 128 Å². The minimum Gasteiger partial charge on any atom is -0.507 e. The van der Waals surface area contributed by atoms with Gasteiger partial charge in [-0.15, -0.1) is 11.3 Å². The van der Waals surface area contributed by atoms with Gasteiger partial charge in [-0.25, -0.2) is 4.98 Å². The predicted molar refractivity (Wildman–Crippen MR) is 181 cm³/mol. The molecule has 212 valence electrons. The molecule has 5 heteroatoms. The first-order valence-electron chi connectivity index (χ1n) is 14.7. The third-order valence-electron chi connectivity index (χ3n) is 7.96. The van der Waals surface area contributed by atoms with Gasteiger partial charge in [-0.3, -0.25) is 4.98 Å². The molecule has 0 saturated carbocycles. The maximum atomic E-state index is 11.3. The molecule has 0 aliphatic rings. The van der Waals surface area contributed by atoms with Crippen molar-refractivity contribution in [3.05, 3.63) is 83.6 Å². The Labute approximate surface area is 250 Å². The molecule has 3 nitrogen and oxygen atoms in total. The number of nitrogens with zero attached hydrogens (tertiary/aromatic N) is 2. The van der Waals surface area contributed by atoms with E-state index in [1.54, 1.807) is 11.3 Å². The van der Waals surface area contributed by atoms with Crippen LogP contribution in [0, 0.1) is 0 Å². The van der Waals surface area contributed by atoms with E-state index in [4.69, 9.17) is 9.97 Å². The molecule has 3 aromatic carbocycles. The standard InChI is InChI=1S/C36H42N2OSSi/c1-21(2)24-15-26(17-27(16-24)32-14-13-28(20-37-32)41(7,8)9)29-11-10-12-33-34(29)38-36(40-33)31-19-25(22(3)4)18-30(23(5)6)35(31)39/h10-23,39H,1-9H3. The Kier molecular flexibility index (Phi) is 7.97. The molecule has 0 aliphatic heterocycles. The number of benzene rings is 3. The molecule has 0 saturated heterocycles. The summed E-state index contributed by atoms with van der Waals surface area (Å²) < 4.78 is 1.12. The minimum absolute atomic E-state index is 0.225. The molecule has 0 radical (unpaired) electrons. The van der Waals surface area contributed by atoms with Gasteiger partial charge in [0.25, 0.3) is 0 Å². The zero-order valence-corrected chi connectivity index (χ0v) is 27.6. The Balaban J connectivity index is 1.66. The highest BCUT2D eigenvalue weighted by Crippen LogP contribution is 2.43. The molecular formula is C36H42N2OSSi. The van der Waals surface area contributed by atoms with E-state index in [1.165, 1.54) is 16.3 Å². The van der Waals surface area contributed by atoms with Crippen LogP contribution in [0.4, 0.5) is 0 Å². The molecule has 41 heavy (non-hydrogen) atoms. The lowest BCUT2D eigenvalue weighted by molar-refractivity contribution is 0.466. The molecule has 0 fully saturated rings. The number of fused-ring (bicyclic) bond motifs is 1. The smallest absolute Gasteiger partial charge is 0.129 e. The summed E-state index contributed by atoms with van der Waals surface area (Å²) in [5, 5.41) is 13.5. The van der Waals surface area contributed by atoms with Gasteiger partial charge >= 0.3 is 0 Å². The molecule has 0 aliphatic carbocycles. The van der Waals surface area contributed by atoms with Crippen LogP contribution in [0.25, 0.3) is 43.2 Å². The average molecular weight is 579 g/mol. The van der Waals surface area contributed by atoms with Crippen molar-refractivity contribution in [2.24, 2.45) is 0 Å². The maximum Gasteiger partial charge on any atom is 0.129 e. The minimum atomic E-state index is -1.42. The van der Waals surface area contributed by atoms with E-state index in [1.807, 2.05) is 0 Å². The van der Waals surface area contributed by atoms with Gasteiger partial charge in [0.2, 0.25) is 0 Å². The van der Waals surface area contributed by atoms with Gasteiger partial charge < -0.3 is 5.11 Å².